The number of pyridine rings is 2. The summed E-state index contributed by atoms with van der Waals surface area (Å²) in [6.45, 7) is 3.41. The molecule has 0 aliphatic carbocycles. The van der Waals surface area contributed by atoms with Crippen LogP contribution in [0.3, 0.4) is 0 Å². The molecule has 0 spiro atoms. The minimum absolute atomic E-state index is 0.783. The van der Waals surface area contributed by atoms with E-state index in [0.717, 1.165) is 54.4 Å². The first-order chi connectivity index (χ1) is 10.3. The summed E-state index contributed by atoms with van der Waals surface area (Å²) in [5, 5.41) is 4.06. The lowest BCUT2D eigenvalue weighted by Crippen LogP contribution is -2.36. The van der Waals surface area contributed by atoms with Crippen molar-refractivity contribution in [3.8, 4) is 0 Å². The van der Waals surface area contributed by atoms with Crippen molar-refractivity contribution >= 4 is 33.1 Å². The molecule has 6 heteroatoms. The van der Waals surface area contributed by atoms with Gasteiger partial charge in [0.2, 0.25) is 0 Å². The van der Waals surface area contributed by atoms with E-state index in [1.54, 1.807) is 6.20 Å². The lowest BCUT2D eigenvalue weighted by molar-refractivity contribution is 0.122. The molecule has 3 heterocycles. The van der Waals surface area contributed by atoms with Crippen molar-refractivity contribution < 1.29 is 4.74 Å². The Morgan fingerprint density at radius 3 is 2.76 bits per heavy atom. The summed E-state index contributed by atoms with van der Waals surface area (Å²) in [5.74, 6) is 0.820. The van der Waals surface area contributed by atoms with Crippen molar-refractivity contribution in [1.82, 2.24) is 9.97 Å². The Labute approximate surface area is 132 Å². The SMILES string of the molecule is BrCc1cncc(Nc2ccc(N3CCOCC3)cn2)c1. The van der Waals surface area contributed by atoms with Gasteiger partial charge in [-0.05, 0) is 23.8 Å². The molecule has 1 aliphatic rings. The maximum atomic E-state index is 5.36. The van der Waals surface area contributed by atoms with Crippen LogP contribution >= 0.6 is 15.9 Å². The zero-order chi connectivity index (χ0) is 14.5. The Hall–Kier alpha value is -1.66. The predicted octanol–water partition coefficient (Wildman–Crippen LogP) is 2.95. The van der Waals surface area contributed by atoms with E-state index in [0.29, 0.717) is 0 Å². The number of alkyl halides is 1. The van der Waals surface area contributed by atoms with Gasteiger partial charge >= 0.3 is 0 Å². The molecule has 1 aliphatic heterocycles. The first kappa shape index (κ1) is 14.3. The maximum Gasteiger partial charge on any atom is 0.130 e. The van der Waals surface area contributed by atoms with Gasteiger partial charge < -0.3 is 15.0 Å². The van der Waals surface area contributed by atoms with E-state index < -0.39 is 0 Å². The molecule has 0 bridgehead atoms. The van der Waals surface area contributed by atoms with Crippen LogP contribution in [0.25, 0.3) is 0 Å². The molecule has 0 aromatic carbocycles. The molecular formula is C15H17BrN4O. The van der Waals surface area contributed by atoms with Crippen molar-refractivity contribution in [2.75, 3.05) is 36.5 Å². The largest absolute Gasteiger partial charge is 0.378 e. The monoisotopic (exact) mass is 348 g/mol. The van der Waals surface area contributed by atoms with Gasteiger partial charge in [0.1, 0.15) is 5.82 Å². The van der Waals surface area contributed by atoms with Crippen LogP contribution in [0.5, 0.6) is 0 Å². The summed E-state index contributed by atoms with van der Waals surface area (Å²) in [7, 11) is 0. The van der Waals surface area contributed by atoms with Gasteiger partial charge in [-0.15, -0.1) is 0 Å². The van der Waals surface area contributed by atoms with Crippen molar-refractivity contribution in [2.24, 2.45) is 0 Å². The third kappa shape index (κ3) is 3.71. The number of hydrogen-bond acceptors (Lipinski definition) is 5. The van der Waals surface area contributed by atoms with Gasteiger partial charge in [0.15, 0.2) is 0 Å². The second-order valence-electron chi connectivity index (χ2n) is 4.84. The van der Waals surface area contributed by atoms with Crippen LogP contribution in [0.1, 0.15) is 5.56 Å². The minimum Gasteiger partial charge on any atom is -0.378 e. The highest BCUT2D eigenvalue weighted by molar-refractivity contribution is 9.08. The Bertz CT molecular complexity index is 584. The highest BCUT2D eigenvalue weighted by Crippen LogP contribution is 2.20. The van der Waals surface area contributed by atoms with E-state index in [1.165, 1.54) is 0 Å². The molecular weight excluding hydrogens is 332 g/mol. The molecule has 21 heavy (non-hydrogen) atoms. The van der Waals surface area contributed by atoms with E-state index in [1.807, 2.05) is 18.5 Å². The third-order valence-corrected chi connectivity index (χ3v) is 3.99. The van der Waals surface area contributed by atoms with Crippen molar-refractivity contribution in [3.05, 3.63) is 42.4 Å². The van der Waals surface area contributed by atoms with Gasteiger partial charge in [0, 0.05) is 24.6 Å². The zero-order valence-electron chi connectivity index (χ0n) is 11.6. The van der Waals surface area contributed by atoms with Gasteiger partial charge in [0.05, 0.1) is 37.0 Å². The van der Waals surface area contributed by atoms with E-state index in [4.69, 9.17) is 4.74 Å². The van der Waals surface area contributed by atoms with Gasteiger partial charge in [-0.1, -0.05) is 15.9 Å². The van der Waals surface area contributed by atoms with Gasteiger partial charge in [-0.3, -0.25) is 4.98 Å². The number of halogens is 1. The minimum atomic E-state index is 0.783. The Morgan fingerprint density at radius 1 is 1.19 bits per heavy atom. The van der Waals surface area contributed by atoms with Crippen LogP contribution in [0.15, 0.2) is 36.8 Å². The molecule has 5 nitrogen and oxygen atoms in total. The summed E-state index contributed by atoms with van der Waals surface area (Å²) in [6, 6.07) is 6.13. The molecule has 110 valence electrons. The number of hydrogen-bond donors (Lipinski definition) is 1. The van der Waals surface area contributed by atoms with E-state index >= 15 is 0 Å². The first-order valence-electron chi connectivity index (χ1n) is 6.91. The molecule has 0 atom stereocenters. The average molecular weight is 349 g/mol. The average Bonchev–Trinajstić information content (AvgIpc) is 2.56. The summed E-state index contributed by atoms with van der Waals surface area (Å²) in [6.07, 6.45) is 5.54. The lowest BCUT2D eigenvalue weighted by Gasteiger charge is -2.28. The molecule has 0 saturated carbocycles. The molecule has 3 rings (SSSR count). The van der Waals surface area contributed by atoms with Crippen molar-refractivity contribution in [2.45, 2.75) is 5.33 Å². The molecule has 1 saturated heterocycles. The van der Waals surface area contributed by atoms with Crippen LogP contribution in [0.4, 0.5) is 17.2 Å². The summed E-state index contributed by atoms with van der Waals surface area (Å²) in [5.41, 5.74) is 3.21. The van der Waals surface area contributed by atoms with Crippen LogP contribution in [-0.4, -0.2) is 36.3 Å². The van der Waals surface area contributed by atoms with E-state index in [-0.39, 0.29) is 0 Å². The zero-order valence-corrected chi connectivity index (χ0v) is 13.2. The maximum absolute atomic E-state index is 5.36. The smallest absolute Gasteiger partial charge is 0.130 e. The fourth-order valence-corrected chi connectivity index (χ4v) is 2.55. The van der Waals surface area contributed by atoms with Crippen LogP contribution in [-0.2, 0) is 10.1 Å². The summed E-state index contributed by atoms with van der Waals surface area (Å²) < 4.78 is 5.36. The highest BCUT2D eigenvalue weighted by Gasteiger charge is 2.11. The molecule has 0 radical (unpaired) electrons. The number of morpholine rings is 1. The van der Waals surface area contributed by atoms with Gasteiger partial charge in [-0.2, -0.15) is 0 Å². The Balaban J connectivity index is 1.68. The predicted molar refractivity (Wildman–Crippen MR) is 87.4 cm³/mol. The quantitative estimate of drug-likeness (QED) is 0.860. The second-order valence-corrected chi connectivity index (χ2v) is 5.40. The number of nitrogens with one attached hydrogen (secondary N) is 1. The van der Waals surface area contributed by atoms with E-state index in [2.05, 4.69) is 48.2 Å². The molecule has 1 N–H and O–H groups in total. The third-order valence-electron chi connectivity index (χ3n) is 3.35. The first-order valence-corrected chi connectivity index (χ1v) is 8.03. The number of ether oxygens (including phenoxy) is 1. The molecule has 2 aromatic heterocycles. The van der Waals surface area contributed by atoms with Gasteiger partial charge in [-0.25, -0.2) is 4.98 Å². The topological polar surface area (TPSA) is 50.3 Å². The van der Waals surface area contributed by atoms with Gasteiger partial charge in [0.25, 0.3) is 0 Å². The van der Waals surface area contributed by atoms with Crippen LogP contribution < -0.4 is 10.2 Å². The summed E-state index contributed by atoms with van der Waals surface area (Å²) in [4.78, 5) is 11.0. The van der Waals surface area contributed by atoms with Crippen LogP contribution in [0, 0.1) is 0 Å². The summed E-state index contributed by atoms with van der Waals surface area (Å²) >= 11 is 3.43. The van der Waals surface area contributed by atoms with E-state index in [9.17, 15) is 0 Å². The number of rotatable bonds is 4. The standard InChI is InChI=1S/C15H17BrN4O/c16-8-12-7-13(10-17-9-12)19-15-2-1-14(11-18-15)20-3-5-21-6-4-20/h1-2,7,9-11H,3-6,8H2,(H,18,19). The molecule has 2 aromatic rings. The number of anilines is 3. The van der Waals surface area contributed by atoms with Crippen LogP contribution in [0.2, 0.25) is 0 Å². The van der Waals surface area contributed by atoms with Crippen molar-refractivity contribution in [3.63, 3.8) is 0 Å². The van der Waals surface area contributed by atoms with Crippen molar-refractivity contribution in [1.29, 1.82) is 0 Å². The normalized spacial score (nSPS) is 15.0. The molecule has 1 fully saturated rings. The second kappa shape index (κ2) is 6.87. The number of aromatic nitrogens is 2. The fourth-order valence-electron chi connectivity index (χ4n) is 2.25. The highest BCUT2D eigenvalue weighted by atomic mass is 79.9. The Kier molecular flexibility index (Phi) is 4.67. The lowest BCUT2D eigenvalue weighted by atomic mass is 10.3. The Morgan fingerprint density at radius 2 is 2.05 bits per heavy atom. The molecule has 0 unspecified atom stereocenters. The fraction of sp³-hybridized carbons (Fsp3) is 0.333. The molecule has 0 amide bonds. The number of nitrogens with zero attached hydrogens (tertiary/aromatic N) is 3.